The highest BCUT2D eigenvalue weighted by Crippen LogP contribution is 2.14. The van der Waals surface area contributed by atoms with E-state index < -0.39 is 6.10 Å². The zero-order valence-corrected chi connectivity index (χ0v) is 48.0. The molecule has 0 saturated carbocycles. The van der Waals surface area contributed by atoms with Gasteiger partial charge in [-0.25, -0.2) is 0 Å². The molecule has 0 spiro atoms. The van der Waals surface area contributed by atoms with Crippen molar-refractivity contribution < 1.29 is 28.6 Å². The fourth-order valence-corrected chi connectivity index (χ4v) is 7.64. The fraction of sp³-hybridized carbons (Fsp3) is 0.580. The van der Waals surface area contributed by atoms with Gasteiger partial charge in [-0.1, -0.05) is 243 Å². The first-order chi connectivity index (χ1) is 37.0. The predicted octanol–water partition coefficient (Wildman–Crippen LogP) is 20.5. The summed E-state index contributed by atoms with van der Waals surface area (Å²) >= 11 is 0. The van der Waals surface area contributed by atoms with Crippen LogP contribution < -0.4 is 0 Å². The van der Waals surface area contributed by atoms with Gasteiger partial charge in [-0.2, -0.15) is 0 Å². The van der Waals surface area contributed by atoms with E-state index in [0.29, 0.717) is 19.3 Å². The zero-order chi connectivity index (χ0) is 54.3. The Labute approximate surface area is 460 Å². The summed E-state index contributed by atoms with van der Waals surface area (Å²) < 4.78 is 16.8. The summed E-state index contributed by atoms with van der Waals surface area (Å²) in [5.74, 6) is -1.01. The Kier molecular flexibility index (Phi) is 57.5. The minimum absolute atomic E-state index is 0.118. The number of esters is 3. The van der Waals surface area contributed by atoms with E-state index in [-0.39, 0.29) is 37.5 Å². The number of hydrogen-bond donors (Lipinski definition) is 0. The van der Waals surface area contributed by atoms with Crippen molar-refractivity contribution in [3.8, 4) is 0 Å². The molecule has 0 aliphatic carbocycles. The van der Waals surface area contributed by atoms with Crippen LogP contribution in [0.5, 0.6) is 0 Å². The highest BCUT2D eigenvalue weighted by atomic mass is 16.6. The van der Waals surface area contributed by atoms with E-state index >= 15 is 0 Å². The van der Waals surface area contributed by atoms with Crippen LogP contribution in [0, 0.1) is 0 Å². The molecule has 75 heavy (non-hydrogen) atoms. The Hall–Kier alpha value is -4.97. The van der Waals surface area contributed by atoms with Crippen molar-refractivity contribution in [3.05, 3.63) is 158 Å². The molecule has 1 unspecified atom stereocenters. The molecule has 0 heterocycles. The van der Waals surface area contributed by atoms with Crippen LogP contribution in [0.1, 0.15) is 239 Å². The molecule has 0 saturated heterocycles. The average Bonchev–Trinajstić information content (AvgIpc) is 3.41. The molecule has 0 amide bonds. The summed E-state index contributed by atoms with van der Waals surface area (Å²) in [6, 6.07) is 0. The second-order valence-corrected chi connectivity index (χ2v) is 19.1. The van der Waals surface area contributed by atoms with E-state index in [1.807, 2.05) is 0 Å². The van der Waals surface area contributed by atoms with E-state index in [0.717, 1.165) is 141 Å². The Balaban J connectivity index is 4.51. The van der Waals surface area contributed by atoms with Crippen molar-refractivity contribution in [3.63, 3.8) is 0 Å². The molecule has 6 nitrogen and oxygen atoms in total. The van der Waals surface area contributed by atoms with E-state index in [4.69, 9.17) is 14.2 Å². The molecule has 0 rings (SSSR count). The molecule has 0 aromatic carbocycles. The van der Waals surface area contributed by atoms with Crippen molar-refractivity contribution in [2.75, 3.05) is 13.2 Å². The molecule has 6 heteroatoms. The van der Waals surface area contributed by atoms with Crippen LogP contribution in [0.3, 0.4) is 0 Å². The Morgan fingerprint density at radius 1 is 0.267 bits per heavy atom. The molecule has 1 atom stereocenters. The van der Waals surface area contributed by atoms with Crippen LogP contribution in [0.25, 0.3) is 0 Å². The predicted molar refractivity (Wildman–Crippen MR) is 325 cm³/mol. The maximum absolute atomic E-state index is 12.9. The van der Waals surface area contributed by atoms with Crippen LogP contribution in [0.2, 0.25) is 0 Å². The molecule has 0 fully saturated rings. The number of allylic oxidation sites excluding steroid dienone is 26. The maximum Gasteiger partial charge on any atom is 0.306 e. The number of ether oxygens (including phenoxy) is 3. The van der Waals surface area contributed by atoms with Gasteiger partial charge >= 0.3 is 17.9 Å². The summed E-state index contributed by atoms with van der Waals surface area (Å²) in [5, 5.41) is 0. The van der Waals surface area contributed by atoms with Crippen LogP contribution in [-0.4, -0.2) is 37.2 Å². The van der Waals surface area contributed by atoms with Gasteiger partial charge in [0.2, 0.25) is 0 Å². The van der Waals surface area contributed by atoms with Gasteiger partial charge in [0.05, 0.1) is 0 Å². The quantitative estimate of drug-likeness (QED) is 0.0261. The van der Waals surface area contributed by atoms with Crippen molar-refractivity contribution in [1.82, 2.24) is 0 Å². The molecule has 0 N–H and O–H groups in total. The van der Waals surface area contributed by atoms with Gasteiger partial charge in [0.15, 0.2) is 6.10 Å². The van der Waals surface area contributed by atoms with Gasteiger partial charge in [-0.05, 0) is 135 Å². The number of carbonyl (C=O) groups is 3. The normalized spacial score (nSPS) is 13.3. The van der Waals surface area contributed by atoms with Gasteiger partial charge < -0.3 is 14.2 Å². The third kappa shape index (κ3) is 59.8. The van der Waals surface area contributed by atoms with Crippen LogP contribution in [-0.2, 0) is 28.6 Å². The molecule has 0 bridgehead atoms. The van der Waals surface area contributed by atoms with Gasteiger partial charge in [0, 0.05) is 19.3 Å². The molecule has 0 aliphatic rings. The zero-order valence-electron chi connectivity index (χ0n) is 48.0. The van der Waals surface area contributed by atoms with Crippen LogP contribution in [0.4, 0.5) is 0 Å². The van der Waals surface area contributed by atoms with E-state index in [1.165, 1.54) is 51.4 Å². The smallest absolute Gasteiger partial charge is 0.306 e. The maximum atomic E-state index is 12.9. The van der Waals surface area contributed by atoms with E-state index in [2.05, 4.69) is 179 Å². The SMILES string of the molecule is CC/C=C\C/C=C\C/C=C\C/C=C\C/C=C\CCCC(=O)OC(COC(=O)CCCCCC/C=C\C/C=C\C/C=C\C/C=C\CC)COC(=O)CCCCCCCCCCCC/C=C\C/C=C\C/C=C\C/C=C\CC. The molecule has 0 aromatic rings. The first-order valence-corrected chi connectivity index (χ1v) is 30.0. The Morgan fingerprint density at radius 3 is 0.787 bits per heavy atom. The summed E-state index contributed by atoms with van der Waals surface area (Å²) in [6.45, 7) is 6.22. The van der Waals surface area contributed by atoms with Gasteiger partial charge in [0.1, 0.15) is 13.2 Å². The monoisotopic (exact) mass is 1030 g/mol. The third-order valence-electron chi connectivity index (χ3n) is 12.0. The highest BCUT2D eigenvalue weighted by molar-refractivity contribution is 5.71. The summed E-state index contributed by atoms with van der Waals surface area (Å²) in [5.41, 5.74) is 0. The highest BCUT2D eigenvalue weighted by Gasteiger charge is 2.19. The average molecular weight is 1030 g/mol. The van der Waals surface area contributed by atoms with Gasteiger partial charge in [-0.3, -0.25) is 14.4 Å². The first-order valence-electron chi connectivity index (χ1n) is 30.0. The van der Waals surface area contributed by atoms with Crippen molar-refractivity contribution >= 4 is 17.9 Å². The minimum Gasteiger partial charge on any atom is -0.462 e. The second kappa shape index (κ2) is 61.6. The number of rotatable bonds is 52. The lowest BCUT2D eigenvalue weighted by molar-refractivity contribution is -0.167. The second-order valence-electron chi connectivity index (χ2n) is 19.1. The summed E-state index contributed by atoms with van der Waals surface area (Å²) in [6.07, 6.45) is 89.6. The largest absolute Gasteiger partial charge is 0.462 e. The van der Waals surface area contributed by atoms with Crippen LogP contribution in [0.15, 0.2) is 158 Å². The third-order valence-corrected chi connectivity index (χ3v) is 12.0. The Morgan fingerprint density at radius 2 is 0.493 bits per heavy atom. The van der Waals surface area contributed by atoms with Crippen LogP contribution >= 0.6 is 0 Å². The van der Waals surface area contributed by atoms with Crippen molar-refractivity contribution in [2.24, 2.45) is 0 Å². The number of carbonyl (C=O) groups excluding carboxylic acids is 3. The van der Waals surface area contributed by atoms with E-state index in [9.17, 15) is 14.4 Å². The number of unbranched alkanes of at least 4 members (excludes halogenated alkanes) is 15. The molecular weight excluding hydrogens is 925 g/mol. The van der Waals surface area contributed by atoms with Crippen molar-refractivity contribution in [1.29, 1.82) is 0 Å². The lowest BCUT2D eigenvalue weighted by Gasteiger charge is -2.18. The summed E-state index contributed by atoms with van der Waals surface area (Å²) in [4.78, 5) is 38.2. The molecule has 0 radical (unpaired) electrons. The lowest BCUT2D eigenvalue weighted by Crippen LogP contribution is -2.30. The van der Waals surface area contributed by atoms with Gasteiger partial charge in [0.25, 0.3) is 0 Å². The first kappa shape index (κ1) is 70.0. The summed E-state index contributed by atoms with van der Waals surface area (Å²) in [7, 11) is 0. The molecule has 420 valence electrons. The standard InChI is InChI=1S/C69H108O6/c1-4-7-10-13-16-19-22-25-28-31-32-33-34-35-36-39-41-44-47-50-53-56-59-62-68(71)74-65-66(75-69(72)63-60-57-54-51-48-45-42-38-30-27-24-21-18-15-12-9-6-3)64-73-67(70)61-58-55-52-49-46-43-40-37-29-26-23-20-17-14-11-8-5-2/h7-12,16-21,25-30,32-33,40,42-43,45,51,54,66H,4-6,13-15,22-24,31,34-39,41,44,46-50,52-53,55-65H2,1-3H3/b10-7-,11-8-,12-9-,19-16-,20-17-,21-18-,28-25-,29-26-,30-27-,33-32-,43-40-,45-42-,54-51-. The van der Waals surface area contributed by atoms with Crippen molar-refractivity contribution in [2.45, 2.75) is 245 Å². The Bertz CT molecular complexity index is 1710. The van der Waals surface area contributed by atoms with E-state index in [1.54, 1.807) is 0 Å². The molecule has 0 aromatic heterocycles. The minimum atomic E-state index is -0.829. The lowest BCUT2D eigenvalue weighted by atomic mass is 10.1. The van der Waals surface area contributed by atoms with Gasteiger partial charge in [-0.15, -0.1) is 0 Å². The number of hydrogen-bond acceptors (Lipinski definition) is 6. The molecule has 0 aliphatic heterocycles. The molecular formula is C69H108O6. The fourth-order valence-electron chi connectivity index (χ4n) is 7.64. The topological polar surface area (TPSA) is 78.9 Å².